The Balaban J connectivity index is 2.90. The maximum Gasteiger partial charge on any atom is 0.330 e. The van der Waals surface area contributed by atoms with Crippen molar-refractivity contribution in [2.24, 2.45) is 0 Å². The molecule has 0 aromatic heterocycles. The van der Waals surface area contributed by atoms with Crippen LogP contribution in [0.15, 0.2) is 36.4 Å². The van der Waals surface area contributed by atoms with E-state index in [1.165, 1.54) is 0 Å². The first-order chi connectivity index (χ1) is 8.13. The highest BCUT2D eigenvalue weighted by Crippen LogP contribution is 2.11. The summed E-state index contributed by atoms with van der Waals surface area (Å²) in [5.41, 5.74) is 0.996. The summed E-state index contributed by atoms with van der Waals surface area (Å²) < 4.78 is 0. The molecule has 0 aliphatic rings. The second-order valence-corrected chi connectivity index (χ2v) is 3.56. The van der Waals surface area contributed by atoms with Gasteiger partial charge in [-0.3, -0.25) is 4.79 Å². The van der Waals surface area contributed by atoms with Gasteiger partial charge in [0.15, 0.2) is 0 Å². The van der Waals surface area contributed by atoms with Gasteiger partial charge in [0.25, 0.3) is 0 Å². The third kappa shape index (κ3) is 4.51. The van der Waals surface area contributed by atoms with Crippen LogP contribution in [0.5, 0.6) is 0 Å². The van der Waals surface area contributed by atoms with Gasteiger partial charge in [-0.05, 0) is 12.0 Å². The molecule has 90 valence electrons. The fourth-order valence-corrected chi connectivity index (χ4v) is 1.37. The Hall–Kier alpha value is -2.10. The largest absolute Gasteiger partial charge is 0.478 e. The smallest absolute Gasteiger partial charge is 0.330 e. The molecular weight excluding hydrogens is 218 g/mol. The highest BCUT2D eigenvalue weighted by Gasteiger charge is 2.07. The standard InChI is InChI=1S/C13H15NO3/c1-2-6-12(15)14-11(9-13(16)17)10-7-4-3-5-8-10/h3-5,7-9H,2,6H2,1H3,(H,14,15)(H,16,17). The van der Waals surface area contributed by atoms with Crippen molar-refractivity contribution in [2.75, 3.05) is 0 Å². The average Bonchev–Trinajstić information content (AvgIpc) is 2.29. The predicted octanol–water partition coefficient (Wildman–Crippen LogP) is 2.03. The molecule has 0 heterocycles. The molecule has 1 rings (SSSR count). The lowest BCUT2D eigenvalue weighted by atomic mass is 10.1. The van der Waals surface area contributed by atoms with Gasteiger partial charge in [-0.2, -0.15) is 0 Å². The third-order valence-electron chi connectivity index (χ3n) is 2.10. The van der Waals surface area contributed by atoms with Crippen LogP contribution in [-0.4, -0.2) is 17.0 Å². The summed E-state index contributed by atoms with van der Waals surface area (Å²) in [4.78, 5) is 22.2. The van der Waals surface area contributed by atoms with Crippen LogP contribution in [0.3, 0.4) is 0 Å². The zero-order valence-electron chi connectivity index (χ0n) is 9.64. The SMILES string of the molecule is CCCC(=O)NC(=CC(=O)O)c1ccccc1. The lowest BCUT2D eigenvalue weighted by molar-refractivity contribution is -0.131. The summed E-state index contributed by atoms with van der Waals surface area (Å²) >= 11 is 0. The molecule has 0 atom stereocenters. The molecule has 0 fully saturated rings. The van der Waals surface area contributed by atoms with E-state index in [0.717, 1.165) is 12.5 Å². The first-order valence-electron chi connectivity index (χ1n) is 5.43. The van der Waals surface area contributed by atoms with Crippen molar-refractivity contribution in [1.29, 1.82) is 0 Å². The Morgan fingerprint density at radius 3 is 2.47 bits per heavy atom. The maximum atomic E-state index is 11.5. The number of carbonyl (C=O) groups is 2. The van der Waals surface area contributed by atoms with E-state index in [1.807, 2.05) is 13.0 Å². The van der Waals surface area contributed by atoms with Crippen molar-refractivity contribution in [1.82, 2.24) is 5.32 Å². The van der Waals surface area contributed by atoms with Crippen LogP contribution < -0.4 is 5.32 Å². The first-order valence-corrected chi connectivity index (χ1v) is 5.43. The van der Waals surface area contributed by atoms with Gasteiger partial charge in [0.2, 0.25) is 5.91 Å². The highest BCUT2D eigenvalue weighted by atomic mass is 16.4. The zero-order chi connectivity index (χ0) is 12.7. The number of hydrogen-bond donors (Lipinski definition) is 2. The van der Waals surface area contributed by atoms with Crippen molar-refractivity contribution >= 4 is 17.6 Å². The minimum absolute atomic E-state index is 0.177. The Morgan fingerprint density at radius 2 is 1.94 bits per heavy atom. The number of nitrogens with one attached hydrogen (secondary N) is 1. The molecule has 4 heteroatoms. The van der Waals surface area contributed by atoms with Crippen molar-refractivity contribution in [3.63, 3.8) is 0 Å². The summed E-state index contributed by atoms with van der Waals surface area (Å²) in [6, 6.07) is 8.91. The number of aliphatic carboxylic acids is 1. The van der Waals surface area contributed by atoms with E-state index in [-0.39, 0.29) is 5.91 Å². The van der Waals surface area contributed by atoms with E-state index in [2.05, 4.69) is 5.32 Å². The van der Waals surface area contributed by atoms with Gasteiger partial charge in [0.1, 0.15) is 0 Å². The number of rotatable bonds is 5. The molecule has 1 aromatic rings. The lowest BCUT2D eigenvalue weighted by Crippen LogP contribution is -2.22. The minimum Gasteiger partial charge on any atom is -0.478 e. The fraction of sp³-hybridized carbons (Fsp3) is 0.231. The maximum absolute atomic E-state index is 11.5. The van der Waals surface area contributed by atoms with Crippen LogP contribution in [0.2, 0.25) is 0 Å². The van der Waals surface area contributed by atoms with E-state index >= 15 is 0 Å². The van der Waals surface area contributed by atoms with Gasteiger partial charge in [0, 0.05) is 12.5 Å². The van der Waals surface area contributed by atoms with Crippen molar-refractivity contribution in [3.05, 3.63) is 42.0 Å². The number of carboxylic acids is 1. The van der Waals surface area contributed by atoms with E-state index in [0.29, 0.717) is 17.7 Å². The second kappa shape index (κ2) is 6.48. The Morgan fingerprint density at radius 1 is 1.29 bits per heavy atom. The summed E-state index contributed by atoms with van der Waals surface area (Å²) in [5, 5.41) is 11.4. The van der Waals surface area contributed by atoms with Gasteiger partial charge in [0.05, 0.1) is 5.70 Å². The van der Waals surface area contributed by atoms with Crippen molar-refractivity contribution in [3.8, 4) is 0 Å². The Kier molecular flexibility index (Phi) is 4.94. The minimum atomic E-state index is -1.08. The van der Waals surface area contributed by atoms with E-state index in [9.17, 15) is 9.59 Å². The predicted molar refractivity (Wildman–Crippen MR) is 65.1 cm³/mol. The second-order valence-electron chi connectivity index (χ2n) is 3.56. The number of amides is 1. The molecule has 0 unspecified atom stereocenters. The molecule has 0 aliphatic heterocycles. The van der Waals surface area contributed by atoms with Gasteiger partial charge < -0.3 is 10.4 Å². The van der Waals surface area contributed by atoms with Gasteiger partial charge >= 0.3 is 5.97 Å². The summed E-state index contributed by atoms with van der Waals surface area (Å²) in [6.45, 7) is 1.89. The van der Waals surface area contributed by atoms with E-state index in [1.54, 1.807) is 24.3 Å². The molecule has 0 aliphatic carbocycles. The Bertz CT molecular complexity index is 424. The molecule has 17 heavy (non-hydrogen) atoms. The monoisotopic (exact) mass is 233 g/mol. The fourth-order valence-electron chi connectivity index (χ4n) is 1.37. The molecule has 1 amide bonds. The molecule has 0 saturated heterocycles. The normalized spacial score (nSPS) is 11.0. The van der Waals surface area contributed by atoms with E-state index in [4.69, 9.17) is 5.11 Å². The molecule has 0 spiro atoms. The molecule has 2 N–H and O–H groups in total. The third-order valence-corrected chi connectivity index (χ3v) is 2.10. The van der Waals surface area contributed by atoms with Crippen LogP contribution in [0.25, 0.3) is 5.70 Å². The van der Waals surface area contributed by atoms with Crippen LogP contribution in [0, 0.1) is 0 Å². The molecule has 0 saturated carbocycles. The van der Waals surface area contributed by atoms with Gasteiger partial charge in [-0.25, -0.2) is 4.79 Å². The topological polar surface area (TPSA) is 66.4 Å². The molecule has 0 bridgehead atoms. The van der Waals surface area contributed by atoms with Crippen LogP contribution >= 0.6 is 0 Å². The lowest BCUT2D eigenvalue weighted by Gasteiger charge is -2.08. The first kappa shape index (κ1) is 13.0. The number of benzene rings is 1. The Labute approximate surface area is 100.0 Å². The molecule has 4 nitrogen and oxygen atoms in total. The van der Waals surface area contributed by atoms with Crippen molar-refractivity contribution < 1.29 is 14.7 Å². The molecular formula is C13H15NO3. The zero-order valence-corrected chi connectivity index (χ0v) is 9.64. The molecule has 1 aromatic carbocycles. The quantitative estimate of drug-likeness (QED) is 0.765. The van der Waals surface area contributed by atoms with Crippen LogP contribution in [0.1, 0.15) is 25.3 Å². The summed E-state index contributed by atoms with van der Waals surface area (Å²) in [5.74, 6) is -1.26. The molecule has 0 radical (unpaired) electrons. The van der Waals surface area contributed by atoms with Crippen LogP contribution in [0.4, 0.5) is 0 Å². The highest BCUT2D eigenvalue weighted by molar-refractivity contribution is 5.95. The number of carbonyl (C=O) groups excluding carboxylic acids is 1. The van der Waals surface area contributed by atoms with Crippen LogP contribution in [-0.2, 0) is 9.59 Å². The van der Waals surface area contributed by atoms with Gasteiger partial charge in [-0.15, -0.1) is 0 Å². The van der Waals surface area contributed by atoms with Crippen molar-refractivity contribution in [2.45, 2.75) is 19.8 Å². The summed E-state index contributed by atoms with van der Waals surface area (Å²) in [6.07, 6.45) is 2.10. The average molecular weight is 233 g/mol. The summed E-state index contributed by atoms with van der Waals surface area (Å²) in [7, 11) is 0. The van der Waals surface area contributed by atoms with E-state index < -0.39 is 5.97 Å². The van der Waals surface area contributed by atoms with Gasteiger partial charge in [-0.1, -0.05) is 37.3 Å². The number of carboxylic acid groups (broad SMARTS) is 1. The number of hydrogen-bond acceptors (Lipinski definition) is 2.